The Bertz CT molecular complexity index is 432. The molecule has 0 aliphatic rings. The van der Waals surface area contributed by atoms with E-state index in [0.29, 0.717) is 29.9 Å². The molecule has 19 heavy (non-hydrogen) atoms. The molecule has 5 nitrogen and oxygen atoms in total. The molecule has 0 radical (unpaired) electrons. The van der Waals surface area contributed by atoms with Crippen molar-refractivity contribution in [3.05, 3.63) is 36.2 Å². The van der Waals surface area contributed by atoms with Crippen LogP contribution in [0.15, 0.2) is 36.2 Å². The van der Waals surface area contributed by atoms with Crippen LogP contribution < -0.4 is 20.5 Å². The first-order chi connectivity index (χ1) is 9.19. The molecule has 104 valence electrons. The maximum absolute atomic E-state index is 12.3. The van der Waals surface area contributed by atoms with Gasteiger partial charge in [0, 0.05) is 18.7 Å². The molecule has 6 heteroatoms. The summed E-state index contributed by atoms with van der Waals surface area (Å²) in [6.45, 7) is 2.49. The molecular formula is C13H17FN2O3. The summed E-state index contributed by atoms with van der Waals surface area (Å²) < 4.78 is 22.5. The molecule has 1 rings (SSSR count). The first-order valence-electron chi connectivity index (χ1n) is 5.86. The summed E-state index contributed by atoms with van der Waals surface area (Å²) in [6, 6.07) is 6.43. The molecular weight excluding hydrogens is 251 g/mol. The monoisotopic (exact) mass is 268 g/mol. The van der Waals surface area contributed by atoms with Crippen molar-refractivity contribution in [2.24, 2.45) is 5.73 Å². The number of hydrogen-bond donors (Lipinski definition) is 2. The molecule has 0 unspecified atom stereocenters. The SMILES string of the molecule is CCNC(=O)Oc1ccc(OC/C(=C/F)CN)cc1. The van der Waals surface area contributed by atoms with Crippen LogP contribution >= 0.6 is 0 Å². The van der Waals surface area contributed by atoms with Crippen LogP contribution in [-0.2, 0) is 0 Å². The highest BCUT2D eigenvalue weighted by molar-refractivity contribution is 5.70. The van der Waals surface area contributed by atoms with Crippen molar-refractivity contribution in [2.45, 2.75) is 6.92 Å². The maximum atomic E-state index is 12.3. The summed E-state index contributed by atoms with van der Waals surface area (Å²) in [5, 5.41) is 2.51. The molecule has 0 fully saturated rings. The highest BCUT2D eigenvalue weighted by Crippen LogP contribution is 2.18. The predicted molar refractivity (Wildman–Crippen MR) is 69.9 cm³/mol. The first kappa shape index (κ1) is 15.0. The average Bonchev–Trinajstić information content (AvgIpc) is 2.42. The third-order valence-corrected chi connectivity index (χ3v) is 2.20. The highest BCUT2D eigenvalue weighted by atomic mass is 19.1. The molecule has 0 saturated carbocycles. The molecule has 1 aromatic rings. The number of nitrogens with two attached hydrogens (primary N) is 1. The Hall–Kier alpha value is -2.08. The lowest BCUT2D eigenvalue weighted by Crippen LogP contribution is -2.26. The number of amides is 1. The van der Waals surface area contributed by atoms with E-state index in [4.69, 9.17) is 15.2 Å². The minimum atomic E-state index is -0.512. The Morgan fingerprint density at radius 2 is 2.00 bits per heavy atom. The molecule has 0 heterocycles. The predicted octanol–water partition coefficient (Wildman–Crippen LogP) is 1.99. The number of rotatable bonds is 6. The van der Waals surface area contributed by atoms with Crippen LogP contribution in [0.4, 0.5) is 9.18 Å². The smallest absolute Gasteiger partial charge is 0.412 e. The van der Waals surface area contributed by atoms with Gasteiger partial charge < -0.3 is 20.5 Å². The van der Waals surface area contributed by atoms with Crippen LogP contribution in [0.1, 0.15) is 6.92 Å². The van der Waals surface area contributed by atoms with Gasteiger partial charge in [0.05, 0.1) is 6.33 Å². The molecule has 0 saturated heterocycles. The number of hydrogen-bond acceptors (Lipinski definition) is 4. The van der Waals surface area contributed by atoms with E-state index in [1.165, 1.54) is 0 Å². The van der Waals surface area contributed by atoms with Crippen LogP contribution in [0.3, 0.4) is 0 Å². The lowest BCUT2D eigenvalue weighted by atomic mass is 10.3. The van der Waals surface area contributed by atoms with Crippen molar-refractivity contribution in [1.29, 1.82) is 0 Å². The molecule has 0 aliphatic carbocycles. The minimum absolute atomic E-state index is 0.0868. The number of halogens is 1. The quantitative estimate of drug-likeness (QED) is 0.827. The third-order valence-electron chi connectivity index (χ3n) is 2.20. The van der Waals surface area contributed by atoms with E-state index in [2.05, 4.69) is 5.32 Å². The van der Waals surface area contributed by atoms with Gasteiger partial charge in [0.15, 0.2) is 0 Å². The fourth-order valence-electron chi connectivity index (χ4n) is 1.20. The van der Waals surface area contributed by atoms with E-state index in [1.807, 2.05) is 0 Å². The van der Waals surface area contributed by atoms with Gasteiger partial charge in [0.1, 0.15) is 18.1 Å². The van der Waals surface area contributed by atoms with Crippen LogP contribution in [0.2, 0.25) is 0 Å². The summed E-state index contributed by atoms with van der Waals surface area (Å²) >= 11 is 0. The Kier molecular flexibility index (Phi) is 6.38. The van der Waals surface area contributed by atoms with Crippen LogP contribution in [0.5, 0.6) is 11.5 Å². The number of carbonyl (C=O) groups excluding carboxylic acids is 1. The number of benzene rings is 1. The standard InChI is InChI=1S/C13H17FN2O3/c1-2-16-13(17)19-12-5-3-11(4-6-12)18-9-10(7-14)8-15/h3-7H,2,8-9,15H2,1H3,(H,16,17)/b10-7+. The zero-order valence-electron chi connectivity index (χ0n) is 10.7. The molecule has 0 aliphatic heterocycles. The molecule has 1 aromatic carbocycles. The summed E-state index contributed by atoms with van der Waals surface area (Å²) in [7, 11) is 0. The summed E-state index contributed by atoms with van der Waals surface area (Å²) in [5.41, 5.74) is 5.67. The van der Waals surface area contributed by atoms with Gasteiger partial charge in [0.2, 0.25) is 0 Å². The number of nitrogens with one attached hydrogen (secondary N) is 1. The first-order valence-corrected chi connectivity index (χ1v) is 5.86. The zero-order valence-corrected chi connectivity index (χ0v) is 10.7. The van der Waals surface area contributed by atoms with Crippen LogP contribution in [-0.4, -0.2) is 25.8 Å². The Labute approximate surface area is 111 Å². The van der Waals surface area contributed by atoms with Gasteiger partial charge in [-0.1, -0.05) is 0 Å². The van der Waals surface area contributed by atoms with E-state index >= 15 is 0 Å². The summed E-state index contributed by atoms with van der Waals surface area (Å²) in [4.78, 5) is 11.2. The van der Waals surface area contributed by atoms with Crippen molar-refractivity contribution >= 4 is 6.09 Å². The molecule has 1 amide bonds. The van der Waals surface area contributed by atoms with E-state index in [1.54, 1.807) is 31.2 Å². The zero-order chi connectivity index (χ0) is 14.1. The van der Waals surface area contributed by atoms with Gasteiger partial charge in [-0.3, -0.25) is 0 Å². The van der Waals surface area contributed by atoms with Gasteiger partial charge in [-0.15, -0.1) is 0 Å². The number of ether oxygens (including phenoxy) is 2. The second kappa shape index (κ2) is 8.10. The van der Waals surface area contributed by atoms with Crippen molar-refractivity contribution in [3.63, 3.8) is 0 Å². The second-order valence-electron chi connectivity index (χ2n) is 3.65. The average molecular weight is 268 g/mol. The fraction of sp³-hybridized carbons (Fsp3) is 0.308. The lowest BCUT2D eigenvalue weighted by Gasteiger charge is -2.08. The maximum Gasteiger partial charge on any atom is 0.412 e. The van der Waals surface area contributed by atoms with Crippen molar-refractivity contribution < 1.29 is 18.7 Å². The molecule has 0 aromatic heterocycles. The van der Waals surface area contributed by atoms with Crippen LogP contribution in [0.25, 0.3) is 0 Å². The van der Waals surface area contributed by atoms with Gasteiger partial charge >= 0.3 is 6.09 Å². The minimum Gasteiger partial charge on any atom is -0.489 e. The topological polar surface area (TPSA) is 73.6 Å². The number of carbonyl (C=O) groups is 1. The molecule has 0 bridgehead atoms. The summed E-state index contributed by atoms with van der Waals surface area (Å²) in [5.74, 6) is 0.939. The summed E-state index contributed by atoms with van der Waals surface area (Å²) in [6.07, 6.45) is -0.0750. The molecule has 0 spiro atoms. The van der Waals surface area contributed by atoms with Gasteiger partial charge in [0.25, 0.3) is 0 Å². The highest BCUT2D eigenvalue weighted by Gasteiger charge is 2.03. The van der Waals surface area contributed by atoms with E-state index in [9.17, 15) is 9.18 Å². The van der Waals surface area contributed by atoms with E-state index in [-0.39, 0.29) is 13.2 Å². The molecule has 3 N–H and O–H groups in total. The lowest BCUT2D eigenvalue weighted by molar-refractivity contribution is 0.201. The van der Waals surface area contributed by atoms with E-state index < -0.39 is 6.09 Å². The van der Waals surface area contributed by atoms with Gasteiger partial charge in [-0.2, -0.15) is 0 Å². The third kappa shape index (κ3) is 5.39. The largest absolute Gasteiger partial charge is 0.489 e. The molecule has 0 atom stereocenters. The van der Waals surface area contributed by atoms with Gasteiger partial charge in [-0.05, 0) is 31.2 Å². The van der Waals surface area contributed by atoms with E-state index in [0.717, 1.165) is 0 Å². The Morgan fingerprint density at radius 3 is 2.53 bits per heavy atom. The van der Waals surface area contributed by atoms with Gasteiger partial charge in [-0.25, -0.2) is 9.18 Å². The Morgan fingerprint density at radius 1 is 1.37 bits per heavy atom. The fourth-order valence-corrected chi connectivity index (χ4v) is 1.20. The second-order valence-corrected chi connectivity index (χ2v) is 3.65. The Balaban J connectivity index is 2.50. The van der Waals surface area contributed by atoms with Crippen molar-refractivity contribution in [3.8, 4) is 11.5 Å². The van der Waals surface area contributed by atoms with Crippen molar-refractivity contribution in [2.75, 3.05) is 19.7 Å². The van der Waals surface area contributed by atoms with Crippen LogP contribution in [0, 0.1) is 0 Å². The van der Waals surface area contributed by atoms with Crippen molar-refractivity contribution in [1.82, 2.24) is 5.32 Å². The normalized spacial score (nSPS) is 11.0.